The lowest BCUT2D eigenvalue weighted by molar-refractivity contribution is 0.0925. The zero-order valence-electron chi connectivity index (χ0n) is 16.6. The number of carbonyl (C=O) groups is 1. The van der Waals surface area contributed by atoms with Crippen LogP contribution in [0.4, 0.5) is 0 Å². The summed E-state index contributed by atoms with van der Waals surface area (Å²) in [6.45, 7) is 2.81. The van der Waals surface area contributed by atoms with Gasteiger partial charge in [0.25, 0.3) is 5.91 Å². The summed E-state index contributed by atoms with van der Waals surface area (Å²) in [5.41, 5.74) is 3.55. The number of imidazole rings is 1. The third-order valence-corrected chi connectivity index (χ3v) is 6.13. The largest absolute Gasteiger partial charge is 0.493 e. The molecule has 0 radical (unpaired) electrons. The Morgan fingerprint density at radius 2 is 2.00 bits per heavy atom. The molecule has 0 aliphatic carbocycles. The van der Waals surface area contributed by atoms with Crippen molar-refractivity contribution in [1.82, 2.24) is 20.2 Å². The zero-order valence-corrected chi connectivity index (χ0v) is 16.6. The maximum atomic E-state index is 12.9. The predicted octanol–water partition coefficient (Wildman–Crippen LogP) is 3.63. The van der Waals surface area contributed by atoms with Gasteiger partial charge in [-0.25, -0.2) is 4.98 Å². The van der Waals surface area contributed by atoms with E-state index in [-0.39, 0.29) is 11.9 Å². The topological polar surface area (TPSA) is 70.2 Å². The Morgan fingerprint density at radius 1 is 1.17 bits per heavy atom. The second-order valence-corrected chi connectivity index (χ2v) is 8.13. The second-order valence-electron chi connectivity index (χ2n) is 8.13. The van der Waals surface area contributed by atoms with E-state index in [1.54, 1.807) is 0 Å². The molecule has 3 heterocycles. The molecular weight excluding hydrogens is 364 g/mol. The Kier molecular flexibility index (Phi) is 4.72. The zero-order chi connectivity index (χ0) is 19.8. The molecule has 2 aliphatic rings. The molecule has 5 rings (SSSR count). The first kappa shape index (κ1) is 18.2. The number of H-pyrrole nitrogens is 1. The number of amides is 1. The van der Waals surface area contributed by atoms with Crippen LogP contribution in [-0.2, 0) is 0 Å². The van der Waals surface area contributed by atoms with Gasteiger partial charge in [-0.15, -0.1) is 0 Å². The number of para-hydroxylation sites is 1. The summed E-state index contributed by atoms with van der Waals surface area (Å²) < 4.78 is 5.70. The monoisotopic (exact) mass is 390 g/mol. The van der Waals surface area contributed by atoms with Gasteiger partial charge in [-0.3, -0.25) is 4.79 Å². The summed E-state index contributed by atoms with van der Waals surface area (Å²) >= 11 is 0. The van der Waals surface area contributed by atoms with Crippen molar-refractivity contribution in [3.05, 3.63) is 59.4 Å². The standard InChI is InChI=1S/C23H26N4O2/c1-27-11-8-15(9-12-27)22-24-19-7-6-16(14-20(19)25-22)23(28)26-18-10-13-29-21-5-3-2-4-17(18)21/h2-7,14-15,18H,8-13H2,1H3,(H,24,25)(H,26,28)/t18-/m0/s1. The molecule has 1 atom stereocenters. The molecule has 1 saturated heterocycles. The Labute approximate surface area is 170 Å². The number of benzene rings is 2. The van der Waals surface area contributed by atoms with Crippen LogP contribution >= 0.6 is 0 Å². The van der Waals surface area contributed by atoms with E-state index in [1.165, 1.54) is 0 Å². The van der Waals surface area contributed by atoms with Gasteiger partial charge in [0.1, 0.15) is 11.6 Å². The Morgan fingerprint density at radius 3 is 2.86 bits per heavy atom. The van der Waals surface area contributed by atoms with E-state index in [2.05, 4.69) is 22.2 Å². The van der Waals surface area contributed by atoms with Gasteiger partial charge in [0.15, 0.2) is 0 Å². The van der Waals surface area contributed by atoms with Crippen LogP contribution in [-0.4, -0.2) is 47.5 Å². The number of hydrogen-bond acceptors (Lipinski definition) is 4. The number of aromatic amines is 1. The van der Waals surface area contributed by atoms with E-state index in [0.717, 1.165) is 60.5 Å². The van der Waals surface area contributed by atoms with Crippen LogP contribution in [0.3, 0.4) is 0 Å². The normalized spacial score (nSPS) is 20.2. The summed E-state index contributed by atoms with van der Waals surface area (Å²) in [7, 11) is 2.16. The smallest absolute Gasteiger partial charge is 0.251 e. The van der Waals surface area contributed by atoms with Gasteiger partial charge >= 0.3 is 0 Å². The number of hydrogen-bond donors (Lipinski definition) is 2. The molecule has 29 heavy (non-hydrogen) atoms. The molecule has 150 valence electrons. The van der Waals surface area contributed by atoms with Gasteiger partial charge in [0.05, 0.1) is 23.7 Å². The number of rotatable bonds is 3. The first-order chi connectivity index (χ1) is 14.2. The summed E-state index contributed by atoms with van der Waals surface area (Å²) in [6.07, 6.45) is 3.01. The molecule has 0 spiro atoms. The number of nitrogens with one attached hydrogen (secondary N) is 2. The molecule has 2 aromatic carbocycles. The van der Waals surface area contributed by atoms with Crippen molar-refractivity contribution in [3.63, 3.8) is 0 Å². The number of fused-ring (bicyclic) bond motifs is 2. The molecule has 1 aromatic heterocycles. The van der Waals surface area contributed by atoms with E-state index in [0.29, 0.717) is 18.1 Å². The summed E-state index contributed by atoms with van der Waals surface area (Å²) in [4.78, 5) is 23.5. The van der Waals surface area contributed by atoms with Crippen LogP contribution < -0.4 is 10.1 Å². The first-order valence-electron chi connectivity index (χ1n) is 10.4. The minimum Gasteiger partial charge on any atom is -0.493 e. The fourth-order valence-corrected chi connectivity index (χ4v) is 4.38. The van der Waals surface area contributed by atoms with E-state index in [9.17, 15) is 4.79 Å². The lowest BCUT2D eigenvalue weighted by Crippen LogP contribution is -2.32. The first-order valence-corrected chi connectivity index (χ1v) is 10.4. The highest BCUT2D eigenvalue weighted by Gasteiger charge is 2.24. The highest BCUT2D eigenvalue weighted by molar-refractivity contribution is 5.97. The number of piperidine rings is 1. The highest BCUT2D eigenvalue weighted by Crippen LogP contribution is 2.32. The van der Waals surface area contributed by atoms with Gasteiger partial charge in [-0.1, -0.05) is 18.2 Å². The molecule has 1 amide bonds. The van der Waals surface area contributed by atoms with E-state index < -0.39 is 0 Å². The highest BCUT2D eigenvalue weighted by atomic mass is 16.5. The lowest BCUT2D eigenvalue weighted by Gasteiger charge is -2.27. The molecule has 1 fully saturated rings. The SMILES string of the molecule is CN1CCC(c2nc3ccc(C(=O)N[C@H]4CCOc5ccccc54)cc3[nH]2)CC1. The van der Waals surface area contributed by atoms with Crippen LogP contribution in [0.1, 0.15) is 53.0 Å². The van der Waals surface area contributed by atoms with Crippen molar-refractivity contribution in [2.45, 2.75) is 31.2 Å². The Bertz CT molecular complexity index is 1040. The average Bonchev–Trinajstić information content (AvgIpc) is 3.18. The minimum absolute atomic E-state index is 0.0281. The van der Waals surface area contributed by atoms with Crippen LogP contribution in [0.5, 0.6) is 5.75 Å². The summed E-state index contributed by atoms with van der Waals surface area (Å²) in [5, 5.41) is 3.17. The third kappa shape index (κ3) is 3.60. The number of likely N-dealkylation sites (tertiary alicyclic amines) is 1. The second kappa shape index (κ2) is 7.52. The Balaban J connectivity index is 1.35. The van der Waals surface area contributed by atoms with Crippen LogP contribution in [0.15, 0.2) is 42.5 Å². The Hall–Kier alpha value is -2.86. The van der Waals surface area contributed by atoms with Gasteiger partial charge < -0.3 is 19.9 Å². The number of nitrogens with zero attached hydrogens (tertiary/aromatic N) is 2. The fourth-order valence-electron chi connectivity index (χ4n) is 4.38. The molecular formula is C23H26N4O2. The summed E-state index contributed by atoms with van der Waals surface area (Å²) in [6, 6.07) is 13.6. The molecule has 6 heteroatoms. The maximum Gasteiger partial charge on any atom is 0.251 e. The van der Waals surface area contributed by atoms with Gasteiger partial charge in [-0.05, 0) is 57.2 Å². The summed E-state index contributed by atoms with van der Waals surface area (Å²) in [5.74, 6) is 2.30. The number of carbonyl (C=O) groups excluding carboxylic acids is 1. The predicted molar refractivity (Wildman–Crippen MR) is 112 cm³/mol. The molecule has 6 nitrogen and oxygen atoms in total. The quantitative estimate of drug-likeness (QED) is 0.717. The molecule has 0 saturated carbocycles. The minimum atomic E-state index is -0.0657. The van der Waals surface area contributed by atoms with E-state index in [1.807, 2.05) is 42.5 Å². The van der Waals surface area contributed by atoms with E-state index >= 15 is 0 Å². The number of ether oxygens (including phenoxy) is 1. The molecule has 3 aromatic rings. The fraction of sp³-hybridized carbons (Fsp3) is 0.391. The third-order valence-electron chi connectivity index (χ3n) is 6.13. The number of aromatic nitrogens is 2. The lowest BCUT2D eigenvalue weighted by atomic mass is 9.97. The van der Waals surface area contributed by atoms with Crippen LogP contribution in [0, 0.1) is 0 Å². The van der Waals surface area contributed by atoms with E-state index in [4.69, 9.17) is 9.72 Å². The van der Waals surface area contributed by atoms with Crippen molar-refractivity contribution in [1.29, 1.82) is 0 Å². The van der Waals surface area contributed by atoms with Crippen molar-refractivity contribution in [3.8, 4) is 5.75 Å². The van der Waals surface area contributed by atoms with Gasteiger partial charge in [0, 0.05) is 23.5 Å². The molecule has 0 unspecified atom stereocenters. The molecule has 0 bridgehead atoms. The van der Waals surface area contributed by atoms with Crippen molar-refractivity contribution in [2.75, 3.05) is 26.7 Å². The molecule has 2 aliphatic heterocycles. The maximum absolute atomic E-state index is 12.9. The van der Waals surface area contributed by atoms with Crippen molar-refractivity contribution in [2.24, 2.45) is 0 Å². The van der Waals surface area contributed by atoms with Gasteiger partial charge in [0.2, 0.25) is 0 Å². The van der Waals surface area contributed by atoms with Crippen molar-refractivity contribution < 1.29 is 9.53 Å². The van der Waals surface area contributed by atoms with Crippen LogP contribution in [0.2, 0.25) is 0 Å². The van der Waals surface area contributed by atoms with Crippen molar-refractivity contribution >= 4 is 16.9 Å². The molecule has 2 N–H and O–H groups in total. The average molecular weight is 390 g/mol. The van der Waals surface area contributed by atoms with Crippen LogP contribution in [0.25, 0.3) is 11.0 Å². The van der Waals surface area contributed by atoms with Gasteiger partial charge in [-0.2, -0.15) is 0 Å².